The van der Waals surface area contributed by atoms with Crippen LogP contribution in [0.5, 0.6) is 0 Å². The Labute approximate surface area is 230 Å². The minimum atomic E-state index is -0.625. The second-order valence-electron chi connectivity index (χ2n) is 9.82. The molecule has 0 spiro atoms. The lowest BCUT2D eigenvalue weighted by Crippen LogP contribution is -2.34. The normalized spacial score (nSPS) is 13.9. The van der Waals surface area contributed by atoms with Gasteiger partial charge in [-0.25, -0.2) is 9.78 Å². The number of fused-ring (bicyclic) bond motifs is 1. The fourth-order valence-corrected chi connectivity index (χ4v) is 3.35. The number of ether oxygens (including phenoxy) is 2. The summed E-state index contributed by atoms with van der Waals surface area (Å²) in [6, 6.07) is 1.69. The SMILES string of the molecule is C/C(=C\C=C/NC=O)Nc1cc(N(C)C(=O)OC(C)(C)C)c2noc(C)c2n1.CN1CCCCC1.COC=O. The second-order valence-corrected chi connectivity index (χ2v) is 9.82. The number of allylic oxidation sites excluding steroid dienone is 3. The van der Waals surface area contributed by atoms with E-state index in [4.69, 9.17) is 14.1 Å². The highest BCUT2D eigenvalue weighted by Crippen LogP contribution is 2.30. The number of methoxy groups -OCH3 is 1. The minimum Gasteiger partial charge on any atom is -0.471 e. The van der Waals surface area contributed by atoms with Gasteiger partial charge in [-0.1, -0.05) is 11.6 Å². The Balaban J connectivity index is 0.000000573. The fraction of sp³-hybridized carbons (Fsp3) is 0.519. The number of rotatable bonds is 7. The van der Waals surface area contributed by atoms with Crippen molar-refractivity contribution in [3.8, 4) is 0 Å². The van der Waals surface area contributed by atoms with E-state index in [0.29, 0.717) is 41.2 Å². The van der Waals surface area contributed by atoms with Gasteiger partial charge in [0.15, 0.2) is 11.3 Å². The van der Waals surface area contributed by atoms with Gasteiger partial charge in [-0.15, -0.1) is 0 Å². The van der Waals surface area contributed by atoms with E-state index in [1.165, 1.54) is 50.6 Å². The molecule has 2 aromatic heterocycles. The van der Waals surface area contributed by atoms with Gasteiger partial charge < -0.3 is 29.5 Å². The summed E-state index contributed by atoms with van der Waals surface area (Å²) in [5.74, 6) is 1.05. The molecule has 0 unspecified atom stereocenters. The molecule has 2 N–H and O–H groups in total. The first kappa shape index (κ1) is 33.1. The van der Waals surface area contributed by atoms with Gasteiger partial charge in [-0.2, -0.15) is 0 Å². The van der Waals surface area contributed by atoms with Gasteiger partial charge in [-0.05, 0) is 79.7 Å². The third-order valence-electron chi connectivity index (χ3n) is 5.22. The Morgan fingerprint density at radius 1 is 1.18 bits per heavy atom. The number of nitrogens with one attached hydrogen (secondary N) is 2. The van der Waals surface area contributed by atoms with Crippen LogP contribution in [0.4, 0.5) is 16.3 Å². The van der Waals surface area contributed by atoms with Gasteiger partial charge in [0.25, 0.3) is 6.47 Å². The van der Waals surface area contributed by atoms with Gasteiger partial charge in [0.2, 0.25) is 6.41 Å². The van der Waals surface area contributed by atoms with Crippen molar-refractivity contribution >= 4 is 41.5 Å². The molecular formula is C27H42N6O6. The third kappa shape index (κ3) is 12.4. The summed E-state index contributed by atoms with van der Waals surface area (Å²) in [6.07, 6.45) is 9.28. The van der Waals surface area contributed by atoms with Crippen molar-refractivity contribution < 1.29 is 28.4 Å². The maximum absolute atomic E-state index is 12.5. The lowest BCUT2D eigenvalue weighted by atomic mass is 10.1. The van der Waals surface area contributed by atoms with Gasteiger partial charge in [-0.3, -0.25) is 14.5 Å². The van der Waals surface area contributed by atoms with Crippen LogP contribution in [0.3, 0.4) is 0 Å². The maximum atomic E-state index is 12.5. The number of hydrogen-bond donors (Lipinski definition) is 2. The highest BCUT2D eigenvalue weighted by Gasteiger charge is 2.24. The first-order valence-electron chi connectivity index (χ1n) is 12.6. The van der Waals surface area contributed by atoms with E-state index >= 15 is 0 Å². The molecule has 2 aromatic rings. The molecule has 3 heterocycles. The van der Waals surface area contributed by atoms with Crippen LogP contribution in [-0.4, -0.2) is 73.9 Å². The third-order valence-corrected chi connectivity index (χ3v) is 5.22. The summed E-state index contributed by atoms with van der Waals surface area (Å²) in [7, 11) is 5.11. The van der Waals surface area contributed by atoms with Crippen LogP contribution in [-0.2, 0) is 19.1 Å². The van der Waals surface area contributed by atoms with E-state index in [-0.39, 0.29) is 0 Å². The first-order valence-corrected chi connectivity index (χ1v) is 12.6. The minimum absolute atomic E-state index is 0.375. The summed E-state index contributed by atoms with van der Waals surface area (Å²) in [5, 5.41) is 9.59. The number of likely N-dealkylation sites (tertiary alicyclic amines) is 1. The van der Waals surface area contributed by atoms with Crippen molar-refractivity contribution in [1.29, 1.82) is 0 Å². The number of nitrogens with zero attached hydrogens (tertiary/aromatic N) is 4. The average Bonchev–Trinajstić information content (AvgIpc) is 3.26. The molecule has 0 radical (unpaired) electrons. The Kier molecular flexibility index (Phi) is 14.3. The van der Waals surface area contributed by atoms with E-state index in [0.717, 1.165) is 5.70 Å². The van der Waals surface area contributed by atoms with Crippen molar-refractivity contribution in [3.05, 3.63) is 35.9 Å². The standard InChI is InChI=1S/C19H25N5O4.C6H13N.C2H4O2/c1-12(8-7-9-20-11-25)21-15-10-14(17-16(22-15)13(2)28-23-17)24(6)18(26)27-19(3,4)5;1-7-5-3-2-4-6-7;1-4-2-3/h7-11H,1-6H3,(H,20,25)(H,21,22);2-6H2,1H3;2H,1H3/b9-7-,12-8+;;. The van der Waals surface area contributed by atoms with Crippen molar-refractivity contribution in [2.24, 2.45) is 0 Å². The number of carbonyl (C=O) groups is 3. The number of aryl methyl sites for hydroxylation is 1. The molecule has 0 aliphatic carbocycles. The van der Waals surface area contributed by atoms with Crippen LogP contribution in [0.25, 0.3) is 11.0 Å². The van der Waals surface area contributed by atoms with Crippen LogP contribution < -0.4 is 15.5 Å². The molecule has 1 fully saturated rings. The zero-order valence-corrected chi connectivity index (χ0v) is 24.2. The van der Waals surface area contributed by atoms with Crippen LogP contribution in [0, 0.1) is 6.92 Å². The van der Waals surface area contributed by atoms with Gasteiger partial charge in [0.1, 0.15) is 16.9 Å². The lowest BCUT2D eigenvalue weighted by Gasteiger charge is -2.25. The van der Waals surface area contributed by atoms with Crippen LogP contribution >= 0.6 is 0 Å². The van der Waals surface area contributed by atoms with Crippen molar-refractivity contribution in [3.63, 3.8) is 0 Å². The molecule has 0 atom stereocenters. The van der Waals surface area contributed by atoms with E-state index in [1.807, 2.05) is 6.92 Å². The Morgan fingerprint density at radius 3 is 2.33 bits per heavy atom. The first-order chi connectivity index (χ1) is 18.4. The summed E-state index contributed by atoms with van der Waals surface area (Å²) >= 11 is 0. The number of hydrogen-bond acceptors (Lipinski definition) is 10. The molecule has 12 heteroatoms. The molecular weight excluding hydrogens is 504 g/mol. The zero-order chi connectivity index (χ0) is 29.4. The Hall–Kier alpha value is -3.93. The predicted octanol–water partition coefficient (Wildman–Crippen LogP) is 4.37. The summed E-state index contributed by atoms with van der Waals surface area (Å²) in [4.78, 5) is 40.0. The van der Waals surface area contributed by atoms with Crippen LogP contribution in [0.2, 0.25) is 0 Å². The van der Waals surface area contributed by atoms with Crippen molar-refractivity contribution in [2.45, 2.75) is 59.5 Å². The quantitative estimate of drug-likeness (QED) is 0.380. The van der Waals surface area contributed by atoms with Crippen molar-refractivity contribution in [1.82, 2.24) is 20.4 Å². The molecule has 2 amide bonds. The van der Waals surface area contributed by atoms with E-state index in [2.05, 4.69) is 37.5 Å². The Morgan fingerprint density at radius 2 is 1.82 bits per heavy atom. The largest absolute Gasteiger partial charge is 0.471 e. The monoisotopic (exact) mass is 546 g/mol. The number of carbonyl (C=O) groups excluding carboxylic acids is 3. The molecule has 1 aliphatic heterocycles. The lowest BCUT2D eigenvalue weighted by molar-refractivity contribution is -0.126. The van der Waals surface area contributed by atoms with Crippen molar-refractivity contribution in [2.75, 3.05) is 44.5 Å². The van der Waals surface area contributed by atoms with Crippen LogP contribution in [0.1, 0.15) is 52.7 Å². The van der Waals surface area contributed by atoms with Gasteiger partial charge in [0.05, 0.1) is 12.8 Å². The molecule has 39 heavy (non-hydrogen) atoms. The molecule has 1 saturated heterocycles. The number of aromatic nitrogens is 2. The predicted molar refractivity (Wildman–Crippen MR) is 151 cm³/mol. The van der Waals surface area contributed by atoms with E-state index in [1.54, 1.807) is 53.0 Å². The summed E-state index contributed by atoms with van der Waals surface area (Å²) in [6.45, 7) is 12.0. The van der Waals surface area contributed by atoms with Gasteiger partial charge in [0, 0.05) is 25.0 Å². The molecule has 0 saturated carbocycles. The number of amides is 2. The van der Waals surface area contributed by atoms with Crippen LogP contribution in [0.15, 0.2) is 34.6 Å². The van der Waals surface area contributed by atoms with Gasteiger partial charge >= 0.3 is 6.09 Å². The summed E-state index contributed by atoms with van der Waals surface area (Å²) < 4.78 is 14.6. The van der Waals surface area contributed by atoms with E-state index < -0.39 is 11.7 Å². The molecule has 216 valence electrons. The zero-order valence-electron chi connectivity index (χ0n) is 24.2. The molecule has 0 bridgehead atoms. The number of piperidine rings is 1. The smallest absolute Gasteiger partial charge is 0.414 e. The number of anilines is 2. The highest BCUT2D eigenvalue weighted by atomic mass is 16.6. The highest BCUT2D eigenvalue weighted by molar-refractivity contribution is 5.99. The second kappa shape index (κ2) is 16.8. The number of pyridine rings is 1. The molecule has 12 nitrogen and oxygen atoms in total. The molecule has 0 aromatic carbocycles. The fourth-order valence-electron chi connectivity index (χ4n) is 3.35. The molecule has 3 rings (SSSR count). The van der Waals surface area contributed by atoms with E-state index in [9.17, 15) is 9.59 Å². The Bertz CT molecular complexity index is 1120. The maximum Gasteiger partial charge on any atom is 0.414 e. The summed E-state index contributed by atoms with van der Waals surface area (Å²) in [5.41, 5.74) is 1.66. The molecule has 1 aliphatic rings. The average molecular weight is 547 g/mol. The topological polar surface area (TPSA) is 139 Å².